The van der Waals surface area contributed by atoms with E-state index in [4.69, 9.17) is 0 Å². The van der Waals surface area contributed by atoms with Gasteiger partial charge in [0.2, 0.25) is 0 Å². The Bertz CT molecular complexity index is 448. The Hall–Kier alpha value is -1.36. The predicted molar refractivity (Wildman–Crippen MR) is 68.6 cm³/mol. The van der Waals surface area contributed by atoms with Crippen LogP contribution in [0.25, 0.3) is 0 Å². The monoisotopic (exact) mass is 248 g/mol. The number of amides is 1. The number of rotatable bonds is 2. The number of piperidine rings is 1. The number of aryl methyl sites for hydroxylation is 1. The van der Waals surface area contributed by atoms with Gasteiger partial charge in [-0.05, 0) is 45.2 Å². The summed E-state index contributed by atoms with van der Waals surface area (Å²) >= 11 is 0. The van der Waals surface area contributed by atoms with E-state index in [0.717, 1.165) is 56.5 Å². The molecule has 98 valence electrons. The Labute approximate surface area is 107 Å². The maximum Gasteiger partial charge on any atom is 0.274 e. The van der Waals surface area contributed by atoms with Crippen molar-refractivity contribution in [2.45, 2.75) is 38.1 Å². The number of carbonyl (C=O) groups is 1. The molecule has 0 bridgehead atoms. The quantitative estimate of drug-likeness (QED) is 0.811. The standard InChI is InChI=1S/C13H20N4O/c1-17(9-5-7-14-8-6-9)13(18)12-10-3-2-4-11(10)15-16-12/h9,14H,2-8H2,1H3,(H,15,16). The molecular formula is C13H20N4O. The highest BCUT2D eigenvalue weighted by molar-refractivity contribution is 5.94. The van der Waals surface area contributed by atoms with Crippen LogP contribution in [0.1, 0.15) is 41.0 Å². The van der Waals surface area contributed by atoms with Crippen LogP contribution < -0.4 is 5.32 Å². The normalized spacial score (nSPS) is 19.8. The van der Waals surface area contributed by atoms with Crippen LogP contribution in [0.2, 0.25) is 0 Å². The number of hydrogen-bond acceptors (Lipinski definition) is 3. The molecule has 0 aromatic carbocycles. The van der Waals surface area contributed by atoms with Gasteiger partial charge in [0, 0.05) is 24.3 Å². The van der Waals surface area contributed by atoms with Crippen LogP contribution in [0.4, 0.5) is 0 Å². The number of aromatic nitrogens is 2. The molecule has 1 aromatic rings. The van der Waals surface area contributed by atoms with Crippen LogP contribution in [0, 0.1) is 0 Å². The minimum Gasteiger partial charge on any atom is -0.337 e. The van der Waals surface area contributed by atoms with Crippen molar-refractivity contribution in [1.29, 1.82) is 0 Å². The van der Waals surface area contributed by atoms with Crippen molar-refractivity contribution >= 4 is 5.91 Å². The zero-order chi connectivity index (χ0) is 12.5. The third-order valence-electron chi connectivity index (χ3n) is 4.19. The van der Waals surface area contributed by atoms with Crippen LogP contribution in [0.15, 0.2) is 0 Å². The number of nitrogens with one attached hydrogen (secondary N) is 2. The van der Waals surface area contributed by atoms with Crippen LogP contribution in [-0.2, 0) is 12.8 Å². The van der Waals surface area contributed by atoms with Gasteiger partial charge in [0.1, 0.15) is 0 Å². The summed E-state index contributed by atoms with van der Waals surface area (Å²) in [6.07, 6.45) is 5.24. The van der Waals surface area contributed by atoms with Gasteiger partial charge in [-0.3, -0.25) is 9.89 Å². The number of fused-ring (bicyclic) bond motifs is 1. The highest BCUT2D eigenvalue weighted by Crippen LogP contribution is 2.24. The highest BCUT2D eigenvalue weighted by atomic mass is 16.2. The smallest absolute Gasteiger partial charge is 0.274 e. The van der Waals surface area contributed by atoms with E-state index in [2.05, 4.69) is 15.5 Å². The fourth-order valence-corrected chi connectivity index (χ4v) is 3.02. The van der Waals surface area contributed by atoms with Crippen LogP contribution in [0.5, 0.6) is 0 Å². The van der Waals surface area contributed by atoms with Crippen molar-refractivity contribution in [3.8, 4) is 0 Å². The van der Waals surface area contributed by atoms with Crippen molar-refractivity contribution in [3.05, 3.63) is 17.0 Å². The van der Waals surface area contributed by atoms with Gasteiger partial charge in [-0.25, -0.2) is 0 Å². The Morgan fingerprint density at radius 2 is 2.11 bits per heavy atom. The molecule has 0 spiro atoms. The average Bonchev–Trinajstić information content (AvgIpc) is 3.00. The molecule has 1 saturated heterocycles. The van der Waals surface area contributed by atoms with E-state index in [1.807, 2.05) is 11.9 Å². The van der Waals surface area contributed by atoms with Gasteiger partial charge in [0.05, 0.1) is 0 Å². The first kappa shape index (κ1) is 11.7. The first-order valence-electron chi connectivity index (χ1n) is 6.81. The second-order valence-corrected chi connectivity index (χ2v) is 5.28. The van der Waals surface area contributed by atoms with E-state index in [-0.39, 0.29) is 5.91 Å². The molecule has 1 aromatic heterocycles. The lowest BCUT2D eigenvalue weighted by Gasteiger charge is -2.31. The number of nitrogens with zero attached hydrogens (tertiary/aromatic N) is 2. The van der Waals surface area contributed by atoms with Gasteiger partial charge in [-0.1, -0.05) is 0 Å². The van der Waals surface area contributed by atoms with E-state index in [9.17, 15) is 4.79 Å². The summed E-state index contributed by atoms with van der Waals surface area (Å²) in [5.74, 6) is 0.0845. The van der Waals surface area contributed by atoms with Crippen molar-refractivity contribution < 1.29 is 4.79 Å². The molecule has 18 heavy (non-hydrogen) atoms. The zero-order valence-electron chi connectivity index (χ0n) is 10.8. The molecule has 3 rings (SSSR count). The molecule has 0 saturated carbocycles. The van der Waals surface area contributed by atoms with Gasteiger partial charge in [-0.2, -0.15) is 5.10 Å². The lowest BCUT2D eigenvalue weighted by Crippen LogP contribution is -2.44. The van der Waals surface area contributed by atoms with Crippen LogP contribution >= 0.6 is 0 Å². The van der Waals surface area contributed by atoms with Crippen LogP contribution in [0.3, 0.4) is 0 Å². The molecule has 5 heteroatoms. The number of aromatic amines is 1. The molecule has 2 heterocycles. The highest BCUT2D eigenvalue weighted by Gasteiger charge is 2.28. The Morgan fingerprint density at radius 3 is 2.89 bits per heavy atom. The molecule has 0 unspecified atom stereocenters. The molecule has 0 radical (unpaired) electrons. The van der Waals surface area contributed by atoms with Gasteiger partial charge >= 0.3 is 0 Å². The molecule has 1 fully saturated rings. The largest absolute Gasteiger partial charge is 0.337 e. The summed E-state index contributed by atoms with van der Waals surface area (Å²) in [6.45, 7) is 2.00. The Morgan fingerprint density at radius 1 is 1.33 bits per heavy atom. The lowest BCUT2D eigenvalue weighted by molar-refractivity contribution is 0.0696. The average molecular weight is 248 g/mol. The molecule has 0 atom stereocenters. The van der Waals surface area contributed by atoms with Crippen molar-refractivity contribution in [1.82, 2.24) is 20.4 Å². The second-order valence-electron chi connectivity index (χ2n) is 5.28. The minimum absolute atomic E-state index is 0.0845. The SMILES string of the molecule is CN(C(=O)c1n[nH]c2c1CCC2)C1CCNCC1. The zero-order valence-corrected chi connectivity index (χ0v) is 10.8. The van der Waals surface area contributed by atoms with Crippen molar-refractivity contribution in [2.75, 3.05) is 20.1 Å². The van der Waals surface area contributed by atoms with Gasteiger partial charge in [0.25, 0.3) is 5.91 Å². The molecule has 5 nitrogen and oxygen atoms in total. The summed E-state index contributed by atoms with van der Waals surface area (Å²) in [7, 11) is 1.91. The third kappa shape index (κ3) is 1.92. The molecule has 1 aliphatic carbocycles. The maximum atomic E-state index is 12.5. The number of hydrogen-bond donors (Lipinski definition) is 2. The minimum atomic E-state index is 0.0845. The first-order chi connectivity index (χ1) is 8.77. The topological polar surface area (TPSA) is 61.0 Å². The summed E-state index contributed by atoms with van der Waals surface area (Å²) in [4.78, 5) is 14.4. The van der Waals surface area contributed by atoms with E-state index in [1.165, 1.54) is 0 Å². The van der Waals surface area contributed by atoms with Crippen molar-refractivity contribution in [3.63, 3.8) is 0 Å². The molecular weight excluding hydrogens is 228 g/mol. The molecule has 2 aliphatic rings. The summed E-state index contributed by atoms with van der Waals surface area (Å²) in [5.41, 5.74) is 2.97. The molecule has 1 amide bonds. The second kappa shape index (κ2) is 4.72. The van der Waals surface area contributed by atoms with Crippen LogP contribution in [-0.4, -0.2) is 47.2 Å². The van der Waals surface area contributed by atoms with E-state index in [1.54, 1.807) is 0 Å². The lowest BCUT2D eigenvalue weighted by atomic mass is 10.0. The summed E-state index contributed by atoms with van der Waals surface area (Å²) in [6, 6.07) is 0.354. The summed E-state index contributed by atoms with van der Waals surface area (Å²) in [5, 5.41) is 10.6. The van der Waals surface area contributed by atoms with E-state index < -0.39 is 0 Å². The molecule has 2 N–H and O–H groups in total. The maximum absolute atomic E-state index is 12.5. The van der Waals surface area contributed by atoms with Gasteiger partial charge in [-0.15, -0.1) is 0 Å². The number of carbonyl (C=O) groups excluding carboxylic acids is 1. The predicted octanol–water partition coefficient (Wildman–Crippen LogP) is 0.722. The van der Waals surface area contributed by atoms with Gasteiger partial charge in [0.15, 0.2) is 5.69 Å². The fourth-order valence-electron chi connectivity index (χ4n) is 3.02. The Kier molecular flexibility index (Phi) is 3.07. The fraction of sp³-hybridized carbons (Fsp3) is 0.692. The Balaban J connectivity index is 1.76. The summed E-state index contributed by atoms with van der Waals surface area (Å²) < 4.78 is 0. The van der Waals surface area contributed by atoms with E-state index in [0.29, 0.717) is 11.7 Å². The van der Waals surface area contributed by atoms with Gasteiger partial charge < -0.3 is 10.2 Å². The number of H-pyrrole nitrogens is 1. The van der Waals surface area contributed by atoms with Crippen molar-refractivity contribution in [2.24, 2.45) is 0 Å². The molecule has 1 aliphatic heterocycles. The van der Waals surface area contributed by atoms with E-state index >= 15 is 0 Å². The first-order valence-corrected chi connectivity index (χ1v) is 6.81. The third-order valence-corrected chi connectivity index (χ3v) is 4.19.